The molecular weight excluding hydrogens is 176 g/mol. The third-order valence-corrected chi connectivity index (χ3v) is 11.0. The zero-order valence-corrected chi connectivity index (χ0v) is 10.8. The van der Waals surface area contributed by atoms with E-state index in [1.807, 2.05) is 12.2 Å². The van der Waals surface area contributed by atoms with Gasteiger partial charge in [-0.3, -0.25) is 0 Å². The van der Waals surface area contributed by atoms with Gasteiger partial charge in [-0.05, 0) is 5.54 Å². The fourth-order valence-corrected chi connectivity index (χ4v) is 6.57. The van der Waals surface area contributed by atoms with E-state index in [0.29, 0.717) is 5.54 Å². The summed E-state index contributed by atoms with van der Waals surface area (Å²) in [6, 6.07) is 0. The lowest BCUT2D eigenvalue weighted by molar-refractivity contribution is 1.35. The third-order valence-electron chi connectivity index (χ3n) is 2.28. The van der Waals surface area contributed by atoms with Crippen molar-refractivity contribution in [1.29, 1.82) is 0 Å². The van der Waals surface area contributed by atoms with Crippen LogP contribution in [0.15, 0.2) is 37.6 Å². The summed E-state index contributed by atoms with van der Waals surface area (Å²) in [5.41, 5.74) is 4.22. The van der Waals surface area contributed by atoms with Gasteiger partial charge in [-0.1, -0.05) is 30.9 Å². The van der Waals surface area contributed by atoms with Crippen LogP contribution in [-0.4, -0.2) is 17.6 Å². The fourth-order valence-electron chi connectivity index (χ4n) is 0.973. The molecule has 0 rings (SSSR count). The molecule has 0 N–H and O–H groups in total. The Hall–Kier alpha value is -0.346. The van der Waals surface area contributed by atoms with E-state index < -0.39 is 8.07 Å². The van der Waals surface area contributed by atoms with Crippen LogP contribution in [0.3, 0.4) is 0 Å². The van der Waals surface area contributed by atoms with Crippen molar-refractivity contribution in [3.05, 3.63) is 37.6 Å². The first-order valence-electron chi connectivity index (χ1n) is 4.44. The van der Waals surface area contributed by atoms with Gasteiger partial charge in [-0.15, -0.1) is 25.4 Å². The molecule has 0 heterocycles. The van der Waals surface area contributed by atoms with Gasteiger partial charge in [0.25, 0.3) is 0 Å². The average Bonchev–Trinajstić information content (AvgIpc) is 2.06. The van der Waals surface area contributed by atoms with Gasteiger partial charge in [0.15, 0.2) is 0 Å². The van der Waals surface area contributed by atoms with Crippen LogP contribution in [0.25, 0.3) is 0 Å². The van der Waals surface area contributed by atoms with E-state index in [1.165, 1.54) is 5.67 Å². The highest BCUT2D eigenvalue weighted by Gasteiger charge is 2.16. The van der Waals surface area contributed by atoms with E-state index in [-0.39, 0.29) is 9.52 Å². The van der Waals surface area contributed by atoms with Crippen LogP contribution in [0.2, 0.25) is 24.3 Å². The second-order valence-corrected chi connectivity index (χ2v) is 11.8. The lowest BCUT2D eigenvalue weighted by Gasteiger charge is -2.18. The summed E-state index contributed by atoms with van der Waals surface area (Å²) in [7, 11) is -1.08. The molecule has 0 saturated carbocycles. The molecule has 2 heteroatoms. The van der Waals surface area contributed by atoms with Gasteiger partial charge in [0, 0.05) is 9.52 Å². The fraction of sp³-hybridized carbons (Fsp3) is 0.400. The van der Waals surface area contributed by atoms with E-state index in [2.05, 4.69) is 38.5 Å². The predicted molar refractivity (Wildman–Crippen MR) is 65.2 cm³/mol. The lowest BCUT2D eigenvalue weighted by atomic mass is 10.4. The van der Waals surface area contributed by atoms with Gasteiger partial charge in [-0.2, -0.15) is 0 Å². The van der Waals surface area contributed by atoms with Crippen molar-refractivity contribution >= 4 is 17.6 Å². The predicted octanol–water partition coefficient (Wildman–Crippen LogP) is 2.71. The van der Waals surface area contributed by atoms with E-state index in [9.17, 15) is 0 Å². The van der Waals surface area contributed by atoms with Gasteiger partial charge in [0.2, 0.25) is 0 Å². The maximum Gasteiger partial charge on any atom is 0.0679 e. The Balaban J connectivity index is 3.87. The summed E-state index contributed by atoms with van der Waals surface area (Å²) < 4.78 is 0. The Morgan fingerprint density at radius 1 is 1.25 bits per heavy atom. The van der Waals surface area contributed by atoms with Crippen LogP contribution in [0.4, 0.5) is 0 Å². The number of allylic oxidation sites excluding steroid dienone is 2. The molecule has 0 bridgehead atoms. The lowest BCUT2D eigenvalue weighted by Crippen LogP contribution is -2.25. The van der Waals surface area contributed by atoms with Gasteiger partial charge >= 0.3 is 0 Å². The minimum atomic E-state index is -1.04. The summed E-state index contributed by atoms with van der Waals surface area (Å²) >= 11 is 0. The Morgan fingerprint density at radius 2 is 1.75 bits per heavy atom. The van der Waals surface area contributed by atoms with Crippen molar-refractivity contribution in [1.82, 2.24) is 0 Å². The van der Waals surface area contributed by atoms with Crippen LogP contribution >= 0.6 is 0 Å². The number of hydrogen-bond acceptors (Lipinski definition) is 0. The van der Waals surface area contributed by atoms with Crippen LogP contribution in [-0.2, 0) is 0 Å². The molecule has 0 aromatic rings. The molecule has 0 radical (unpaired) electrons. The Morgan fingerprint density at radius 3 is 2.08 bits per heavy atom. The molecule has 0 aromatic carbocycles. The first-order valence-corrected chi connectivity index (χ1v) is 9.54. The number of rotatable bonds is 6. The molecule has 0 aliphatic rings. The van der Waals surface area contributed by atoms with Crippen LogP contribution in [0.1, 0.15) is 0 Å². The van der Waals surface area contributed by atoms with Crippen molar-refractivity contribution in [2.45, 2.75) is 24.3 Å². The zero-order valence-electron chi connectivity index (χ0n) is 8.34. The molecule has 68 valence electrons. The maximum absolute atomic E-state index is 3.89. The Labute approximate surface area is 79.9 Å². The highest BCUT2D eigenvalue weighted by Crippen LogP contribution is 2.15. The number of hydrogen-bond donors (Lipinski definition) is 0. The summed E-state index contributed by atoms with van der Waals surface area (Å²) in [4.78, 5) is 0. The molecule has 0 amide bonds. The summed E-state index contributed by atoms with van der Waals surface area (Å²) in [5, 5.41) is 0. The van der Waals surface area contributed by atoms with Gasteiger partial charge in [0.1, 0.15) is 0 Å². The molecule has 0 aliphatic carbocycles. The van der Waals surface area contributed by atoms with Crippen molar-refractivity contribution in [2.75, 3.05) is 0 Å². The largest absolute Gasteiger partial charge is 0.107 e. The van der Waals surface area contributed by atoms with E-state index >= 15 is 0 Å². The first kappa shape index (κ1) is 11.7. The molecule has 0 spiro atoms. The molecule has 12 heavy (non-hydrogen) atoms. The van der Waals surface area contributed by atoms with Crippen LogP contribution in [0.5, 0.6) is 0 Å². The topological polar surface area (TPSA) is 0 Å². The standard InChI is InChI=1S/C10H20Si2/c1-6-10(7-2)11-9-12(4,5)8-3/h6-8,10H,1-3,9,11H2,4-5H3. The molecule has 0 aromatic heterocycles. The SMILES string of the molecule is C=CC(C=C)[SiH2]C[Si](C)(C)C=C. The van der Waals surface area contributed by atoms with Crippen molar-refractivity contribution in [2.24, 2.45) is 0 Å². The Bertz CT molecular complexity index is 163. The quantitative estimate of drug-likeness (QED) is 0.453. The van der Waals surface area contributed by atoms with Crippen molar-refractivity contribution in [3.63, 3.8) is 0 Å². The second kappa shape index (κ2) is 5.33. The van der Waals surface area contributed by atoms with E-state index in [1.54, 1.807) is 0 Å². The molecule has 0 nitrogen and oxygen atoms in total. The van der Waals surface area contributed by atoms with Crippen LogP contribution < -0.4 is 0 Å². The molecule has 0 unspecified atom stereocenters. The highest BCUT2D eigenvalue weighted by atomic mass is 28.4. The monoisotopic (exact) mass is 196 g/mol. The molecule has 0 saturated heterocycles. The molecule has 0 fully saturated rings. The second-order valence-electron chi connectivity index (χ2n) is 3.87. The first-order chi connectivity index (χ1) is 5.55. The minimum Gasteiger partial charge on any atom is -0.107 e. The van der Waals surface area contributed by atoms with Crippen molar-refractivity contribution in [3.8, 4) is 0 Å². The van der Waals surface area contributed by atoms with Crippen molar-refractivity contribution < 1.29 is 0 Å². The van der Waals surface area contributed by atoms with E-state index in [4.69, 9.17) is 0 Å². The van der Waals surface area contributed by atoms with E-state index in [0.717, 1.165) is 0 Å². The minimum absolute atomic E-state index is 0.0355. The third kappa shape index (κ3) is 4.52. The molecule has 0 atom stereocenters. The summed E-state index contributed by atoms with van der Waals surface area (Å²) in [5.74, 6) is 0. The highest BCUT2D eigenvalue weighted by molar-refractivity contribution is 6.88. The average molecular weight is 196 g/mol. The normalized spacial score (nSPS) is 12.2. The van der Waals surface area contributed by atoms with Crippen LogP contribution in [0, 0.1) is 0 Å². The van der Waals surface area contributed by atoms with Gasteiger partial charge in [-0.25, -0.2) is 0 Å². The molecule has 0 aliphatic heterocycles. The molecular formula is C10H20Si2. The van der Waals surface area contributed by atoms with Gasteiger partial charge < -0.3 is 0 Å². The zero-order chi connectivity index (χ0) is 9.61. The summed E-state index contributed by atoms with van der Waals surface area (Å²) in [6.07, 6.45) is 4.07. The smallest absolute Gasteiger partial charge is 0.0679 e. The van der Waals surface area contributed by atoms with Gasteiger partial charge in [0.05, 0.1) is 8.07 Å². The maximum atomic E-state index is 3.89. The Kier molecular flexibility index (Phi) is 5.17. The summed E-state index contributed by atoms with van der Waals surface area (Å²) in [6.45, 7) is 16.3.